The summed E-state index contributed by atoms with van der Waals surface area (Å²) in [6.45, 7) is 4.14. The number of hydrogen-bond acceptors (Lipinski definition) is 2. The van der Waals surface area contributed by atoms with Gasteiger partial charge in [0, 0.05) is 15.8 Å². The smallest absolute Gasteiger partial charge is 0.0992 e. The number of benzene rings is 2. The SMILES string of the molecule is Cc1ccc(Nc2cc(Br)cc(C#N)c2)c(C)c1. The van der Waals surface area contributed by atoms with Crippen LogP contribution in [0, 0.1) is 25.2 Å². The lowest BCUT2D eigenvalue weighted by Crippen LogP contribution is -1.94. The summed E-state index contributed by atoms with van der Waals surface area (Å²) in [6.07, 6.45) is 0. The Bertz CT molecular complexity index is 627. The molecule has 0 aromatic heterocycles. The van der Waals surface area contributed by atoms with E-state index in [9.17, 15) is 0 Å². The van der Waals surface area contributed by atoms with Gasteiger partial charge in [0.1, 0.15) is 0 Å². The number of nitriles is 1. The zero-order valence-corrected chi connectivity index (χ0v) is 11.9. The van der Waals surface area contributed by atoms with E-state index in [0.29, 0.717) is 5.56 Å². The van der Waals surface area contributed by atoms with E-state index in [4.69, 9.17) is 5.26 Å². The molecule has 90 valence electrons. The number of nitrogens with one attached hydrogen (secondary N) is 1. The predicted molar refractivity (Wildman–Crippen MR) is 78.1 cm³/mol. The Morgan fingerprint density at radius 1 is 1.11 bits per heavy atom. The molecule has 0 heterocycles. The molecular formula is C15H13BrN2. The van der Waals surface area contributed by atoms with Gasteiger partial charge in [0.2, 0.25) is 0 Å². The zero-order chi connectivity index (χ0) is 13.1. The highest BCUT2D eigenvalue weighted by atomic mass is 79.9. The van der Waals surface area contributed by atoms with Crippen molar-refractivity contribution in [2.45, 2.75) is 13.8 Å². The molecule has 3 heteroatoms. The van der Waals surface area contributed by atoms with Gasteiger partial charge in [0.25, 0.3) is 0 Å². The molecule has 0 aliphatic heterocycles. The quantitative estimate of drug-likeness (QED) is 0.874. The minimum atomic E-state index is 0.636. The molecule has 1 N–H and O–H groups in total. The van der Waals surface area contributed by atoms with E-state index in [1.54, 1.807) is 6.07 Å². The lowest BCUT2D eigenvalue weighted by Gasteiger charge is -2.11. The van der Waals surface area contributed by atoms with Gasteiger partial charge in [-0.25, -0.2) is 0 Å². The van der Waals surface area contributed by atoms with Gasteiger partial charge in [-0.2, -0.15) is 5.26 Å². The predicted octanol–water partition coefficient (Wildman–Crippen LogP) is 4.68. The number of halogens is 1. The summed E-state index contributed by atoms with van der Waals surface area (Å²) >= 11 is 3.41. The molecule has 0 bridgehead atoms. The van der Waals surface area contributed by atoms with Crippen LogP contribution in [0.1, 0.15) is 16.7 Å². The largest absolute Gasteiger partial charge is 0.355 e. The maximum atomic E-state index is 8.94. The molecule has 2 rings (SSSR count). The van der Waals surface area contributed by atoms with Crippen LogP contribution in [-0.4, -0.2) is 0 Å². The Hall–Kier alpha value is -1.79. The van der Waals surface area contributed by atoms with Crippen molar-refractivity contribution in [2.24, 2.45) is 0 Å². The molecule has 2 aromatic carbocycles. The van der Waals surface area contributed by atoms with Crippen LogP contribution in [0.4, 0.5) is 11.4 Å². The van der Waals surface area contributed by atoms with E-state index >= 15 is 0 Å². The first kappa shape index (κ1) is 12.7. The lowest BCUT2D eigenvalue weighted by molar-refractivity contribution is 1.36. The number of nitrogens with zero attached hydrogens (tertiary/aromatic N) is 1. The van der Waals surface area contributed by atoms with E-state index in [2.05, 4.69) is 59.4 Å². The molecule has 2 nitrogen and oxygen atoms in total. The summed E-state index contributed by atoms with van der Waals surface area (Å²) in [4.78, 5) is 0. The van der Waals surface area contributed by atoms with Crippen LogP contribution in [0.15, 0.2) is 40.9 Å². The van der Waals surface area contributed by atoms with Gasteiger partial charge in [-0.3, -0.25) is 0 Å². The third-order valence-corrected chi connectivity index (χ3v) is 3.15. The van der Waals surface area contributed by atoms with E-state index in [0.717, 1.165) is 15.8 Å². The third kappa shape index (κ3) is 2.91. The zero-order valence-electron chi connectivity index (χ0n) is 10.3. The number of rotatable bonds is 2. The topological polar surface area (TPSA) is 35.8 Å². The average Bonchev–Trinajstić information content (AvgIpc) is 2.32. The minimum absolute atomic E-state index is 0.636. The monoisotopic (exact) mass is 300 g/mol. The second-order valence-corrected chi connectivity index (χ2v) is 5.20. The first-order chi connectivity index (χ1) is 8.58. The van der Waals surface area contributed by atoms with Crippen molar-refractivity contribution in [2.75, 3.05) is 5.32 Å². The second-order valence-electron chi connectivity index (χ2n) is 4.28. The third-order valence-electron chi connectivity index (χ3n) is 2.69. The van der Waals surface area contributed by atoms with E-state index in [-0.39, 0.29) is 0 Å². The van der Waals surface area contributed by atoms with Crippen LogP contribution < -0.4 is 5.32 Å². The number of aryl methyl sites for hydroxylation is 2. The Kier molecular flexibility index (Phi) is 3.69. The van der Waals surface area contributed by atoms with Crippen LogP contribution in [-0.2, 0) is 0 Å². The number of anilines is 2. The fourth-order valence-electron chi connectivity index (χ4n) is 1.84. The van der Waals surface area contributed by atoms with E-state index < -0.39 is 0 Å². The van der Waals surface area contributed by atoms with Crippen LogP contribution in [0.2, 0.25) is 0 Å². The molecule has 0 fully saturated rings. The summed E-state index contributed by atoms with van der Waals surface area (Å²) < 4.78 is 0.897. The summed E-state index contributed by atoms with van der Waals surface area (Å²) in [7, 11) is 0. The van der Waals surface area contributed by atoms with Gasteiger partial charge in [-0.15, -0.1) is 0 Å². The van der Waals surface area contributed by atoms with Crippen molar-refractivity contribution in [3.8, 4) is 6.07 Å². The Morgan fingerprint density at radius 3 is 2.56 bits per heavy atom. The summed E-state index contributed by atoms with van der Waals surface area (Å²) in [6, 6.07) is 14.0. The molecule has 2 aromatic rings. The van der Waals surface area contributed by atoms with Gasteiger partial charge in [0.15, 0.2) is 0 Å². The van der Waals surface area contributed by atoms with E-state index in [1.807, 2.05) is 12.1 Å². The molecule has 0 aliphatic rings. The van der Waals surface area contributed by atoms with Gasteiger partial charge in [0.05, 0.1) is 11.6 Å². The van der Waals surface area contributed by atoms with Gasteiger partial charge in [-0.05, 0) is 43.7 Å². The van der Waals surface area contributed by atoms with E-state index in [1.165, 1.54) is 11.1 Å². The molecule has 0 saturated heterocycles. The molecular weight excluding hydrogens is 288 g/mol. The van der Waals surface area contributed by atoms with Crippen molar-refractivity contribution in [1.82, 2.24) is 0 Å². The highest BCUT2D eigenvalue weighted by Gasteiger charge is 2.02. The summed E-state index contributed by atoms with van der Waals surface area (Å²) in [5, 5.41) is 12.3. The Labute approximate surface area is 115 Å². The molecule has 0 radical (unpaired) electrons. The lowest BCUT2D eigenvalue weighted by atomic mass is 10.1. The van der Waals surface area contributed by atoms with Crippen LogP contribution in [0.5, 0.6) is 0 Å². The molecule has 0 aliphatic carbocycles. The molecule has 0 unspecified atom stereocenters. The maximum Gasteiger partial charge on any atom is 0.0992 e. The molecule has 0 spiro atoms. The first-order valence-corrected chi connectivity index (χ1v) is 6.43. The molecule has 0 amide bonds. The second kappa shape index (κ2) is 5.24. The molecule has 0 saturated carbocycles. The minimum Gasteiger partial charge on any atom is -0.355 e. The van der Waals surface area contributed by atoms with Crippen molar-refractivity contribution < 1.29 is 0 Å². The van der Waals surface area contributed by atoms with Crippen LogP contribution in [0.3, 0.4) is 0 Å². The summed E-state index contributed by atoms with van der Waals surface area (Å²) in [5.41, 5.74) is 5.03. The Morgan fingerprint density at radius 2 is 1.89 bits per heavy atom. The molecule has 18 heavy (non-hydrogen) atoms. The maximum absolute atomic E-state index is 8.94. The van der Waals surface area contributed by atoms with Gasteiger partial charge < -0.3 is 5.32 Å². The van der Waals surface area contributed by atoms with Crippen molar-refractivity contribution in [3.05, 3.63) is 57.6 Å². The van der Waals surface area contributed by atoms with Gasteiger partial charge in [-0.1, -0.05) is 33.6 Å². The fraction of sp³-hybridized carbons (Fsp3) is 0.133. The van der Waals surface area contributed by atoms with Crippen molar-refractivity contribution >= 4 is 27.3 Å². The average molecular weight is 301 g/mol. The van der Waals surface area contributed by atoms with Crippen LogP contribution in [0.25, 0.3) is 0 Å². The van der Waals surface area contributed by atoms with Crippen molar-refractivity contribution in [3.63, 3.8) is 0 Å². The number of hydrogen-bond donors (Lipinski definition) is 1. The van der Waals surface area contributed by atoms with Gasteiger partial charge >= 0.3 is 0 Å². The fourth-order valence-corrected chi connectivity index (χ4v) is 2.33. The first-order valence-electron chi connectivity index (χ1n) is 5.63. The normalized spacial score (nSPS) is 9.89. The highest BCUT2D eigenvalue weighted by Crippen LogP contribution is 2.25. The molecule has 0 atom stereocenters. The van der Waals surface area contributed by atoms with Crippen molar-refractivity contribution in [1.29, 1.82) is 5.26 Å². The summed E-state index contributed by atoms with van der Waals surface area (Å²) in [5.74, 6) is 0. The standard InChI is InChI=1S/C15H13BrN2/c1-10-3-4-15(11(2)5-10)18-14-7-12(9-17)6-13(16)8-14/h3-8,18H,1-2H3. The van der Waals surface area contributed by atoms with Crippen LogP contribution >= 0.6 is 15.9 Å². The Balaban J connectivity index is 2.34. The highest BCUT2D eigenvalue weighted by molar-refractivity contribution is 9.10.